The van der Waals surface area contributed by atoms with E-state index >= 15 is 0 Å². The van der Waals surface area contributed by atoms with Gasteiger partial charge in [0.05, 0.1) is 11.2 Å². The molecule has 222 valence electrons. The molecule has 4 fully saturated rings. The predicted octanol–water partition coefficient (Wildman–Crippen LogP) is 3.60. The van der Waals surface area contributed by atoms with Gasteiger partial charge in [0.2, 0.25) is 0 Å². The van der Waals surface area contributed by atoms with Gasteiger partial charge in [-0.15, -0.1) is 0 Å². The van der Waals surface area contributed by atoms with Crippen LogP contribution in [0.25, 0.3) is 0 Å². The van der Waals surface area contributed by atoms with Gasteiger partial charge in [-0.05, 0) is 94.4 Å². The Morgan fingerprint density at radius 1 is 0.692 bits per heavy atom. The van der Waals surface area contributed by atoms with Crippen molar-refractivity contribution in [3.05, 3.63) is 0 Å². The first kappa shape index (κ1) is 33.3. The molecule has 0 radical (unpaired) electrons. The molecule has 15 heteroatoms. The molecule has 0 aromatic heterocycles. The normalized spacial score (nSPS) is 31.9. The molecule has 5 unspecified atom stereocenters. The molecular weight excluding hydrogens is 508 g/mol. The van der Waals surface area contributed by atoms with E-state index in [0.717, 1.165) is 32.1 Å². The van der Waals surface area contributed by atoms with E-state index < -0.39 is 29.3 Å². The number of hydrogen-bond acceptors (Lipinski definition) is 11. The molecule has 0 aromatic carbocycles. The third-order valence-electron chi connectivity index (χ3n) is 6.66. The lowest BCUT2D eigenvalue weighted by atomic mass is 9.91. The average molecular weight is 556 g/mol. The van der Waals surface area contributed by atoms with Crippen LogP contribution in [0.2, 0.25) is 0 Å². The van der Waals surface area contributed by atoms with Crippen LogP contribution in [-0.2, 0) is 51.1 Å². The summed E-state index contributed by atoms with van der Waals surface area (Å²) in [6, 6.07) is 0. The molecule has 5 atom stereocenters. The number of hydrogen-bond donors (Lipinski definition) is 0. The van der Waals surface area contributed by atoms with Gasteiger partial charge in [0, 0.05) is 50.3 Å². The lowest BCUT2D eigenvalue weighted by Crippen LogP contribution is -2.54. The van der Waals surface area contributed by atoms with Crippen LogP contribution in [0.5, 0.6) is 0 Å². The molecule has 4 heterocycles. The van der Waals surface area contributed by atoms with E-state index in [4.69, 9.17) is 51.1 Å². The van der Waals surface area contributed by atoms with Gasteiger partial charge >= 0.3 is 29.3 Å². The van der Waals surface area contributed by atoms with E-state index in [1.54, 1.807) is 0 Å². The minimum Gasteiger partial charge on any atom is -0.399 e. The molecule has 4 saturated heterocycles. The maximum absolute atomic E-state index is 5.75. The highest BCUT2D eigenvalue weighted by Gasteiger charge is 2.46. The van der Waals surface area contributed by atoms with Crippen molar-refractivity contribution in [2.75, 3.05) is 19.8 Å². The summed E-state index contributed by atoms with van der Waals surface area (Å²) >= 11 is 0. The molecular formula is C24H48B4O11. The van der Waals surface area contributed by atoms with Gasteiger partial charge in [-0.1, -0.05) is 0 Å². The Hall–Kier alpha value is -0.180. The van der Waals surface area contributed by atoms with Crippen molar-refractivity contribution in [3.63, 3.8) is 0 Å². The van der Waals surface area contributed by atoms with Crippen molar-refractivity contribution in [2.24, 2.45) is 0 Å². The Labute approximate surface area is 236 Å². The van der Waals surface area contributed by atoms with Crippen molar-refractivity contribution in [3.8, 4) is 0 Å². The summed E-state index contributed by atoms with van der Waals surface area (Å²) in [6.07, 6.45) is 4.75. The second-order valence-electron chi connectivity index (χ2n) is 12.2. The Balaban J connectivity index is 0.000000216. The Morgan fingerprint density at radius 2 is 1.15 bits per heavy atom. The molecule has 0 amide bonds. The molecule has 39 heavy (non-hydrogen) atoms. The number of rotatable bonds is 8. The first-order valence-electron chi connectivity index (χ1n) is 14.4. The van der Waals surface area contributed by atoms with Crippen LogP contribution in [-0.4, -0.2) is 90.8 Å². The van der Waals surface area contributed by atoms with Crippen molar-refractivity contribution < 1.29 is 51.1 Å². The Kier molecular flexibility index (Phi) is 13.1. The summed E-state index contributed by atoms with van der Waals surface area (Å²) in [4.78, 5) is 0. The molecule has 0 spiro atoms. The van der Waals surface area contributed by atoms with Crippen LogP contribution in [0.1, 0.15) is 94.4 Å². The maximum Gasteiger partial charge on any atom is 0.639 e. The molecule has 0 bridgehead atoms. The van der Waals surface area contributed by atoms with Crippen LogP contribution >= 0.6 is 0 Å². The van der Waals surface area contributed by atoms with E-state index in [9.17, 15) is 0 Å². The summed E-state index contributed by atoms with van der Waals surface area (Å²) in [7, 11) is -2.60. The van der Waals surface area contributed by atoms with E-state index in [0.29, 0.717) is 19.8 Å². The quantitative estimate of drug-likeness (QED) is 0.411. The third-order valence-corrected chi connectivity index (χ3v) is 6.66. The summed E-state index contributed by atoms with van der Waals surface area (Å²) in [5.74, 6) is 0. The van der Waals surface area contributed by atoms with Crippen LogP contribution < -0.4 is 0 Å². The maximum atomic E-state index is 5.75. The van der Waals surface area contributed by atoms with E-state index in [-0.39, 0.29) is 41.7 Å². The first-order valence-corrected chi connectivity index (χ1v) is 14.4. The van der Waals surface area contributed by atoms with Crippen molar-refractivity contribution in [2.45, 2.75) is 136 Å². The third kappa shape index (κ3) is 12.7. The van der Waals surface area contributed by atoms with E-state index in [2.05, 4.69) is 0 Å². The van der Waals surface area contributed by atoms with Gasteiger partial charge in [-0.2, -0.15) is 0 Å². The smallest absolute Gasteiger partial charge is 0.399 e. The van der Waals surface area contributed by atoms with Crippen molar-refractivity contribution >= 4 is 29.3 Å². The molecule has 4 aliphatic heterocycles. The molecule has 0 aliphatic carbocycles. The predicted molar refractivity (Wildman–Crippen MR) is 148 cm³/mol. The second kappa shape index (κ2) is 15.3. The van der Waals surface area contributed by atoms with Crippen molar-refractivity contribution in [1.82, 2.24) is 0 Å². The summed E-state index contributed by atoms with van der Waals surface area (Å²) in [5, 5.41) is 0. The summed E-state index contributed by atoms with van der Waals surface area (Å²) in [6.45, 7) is 20.0. The molecule has 11 nitrogen and oxygen atoms in total. The second-order valence-corrected chi connectivity index (χ2v) is 12.2. The lowest BCUT2D eigenvalue weighted by molar-refractivity contribution is -0.0873. The summed E-state index contributed by atoms with van der Waals surface area (Å²) < 4.78 is 61.4. The standard InChI is InChI=1S/C12H24B2O6.C12H24B2O5/c1-10-4-7-15-13(18-10)16-8-5-11(2)19-14-17-9-6-12(3)20-14;1-9-7-11(3,4)17-13(15-9)19-14-16-10(2)8-12(5,6)18-14/h10-12H,4-9H2,1-3H3;9-10H,7-8H2,1-6H3. The average Bonchev–Trinajstić information content (AvgIpc) is 2.77. The summed E-state index contributed by atoms with van der Waals surface area (Å²) in [5.41, 5.74) is -0.531. The molecule has 4 aliphatic rings. The SMILES string of the molecule is CC1CC(C)(C)OB(OB2OC(C)CC(C)(C)O2)O1.CC1CCOB(OCCC(C)OB2OCCC(C)O2)O1. The van der Waals surface area contributed by atoms with Crippen LogP contribution in [0, 0.1) is 0 Å². The van der Waals surface area contributed by atoms with Gasteiger partial charge in [0.1, 0.15) is 0 Å². The van der Waals surface area contributed by atoms with Gasteiger partial charge in [-0.25, -0.2) is 0 Å². The van der Waals surface area contributed by atoms with Gasteiger partial charge in [-0.3, -0.25) is 0 Å². The van der Waals surface area contributed by atoms with E-state index in [1.165, 1.54) is 0 Å². The van der Waals surface area contributed by atoms with Crippen LogP contribution in [0.4, 0.5) is 0 Å². The van der Waals surface area contributed by atoms with Gasteiger partial charge in [0.15, 0.2) is 0 Å². The Morgan fingerprint density at radius 3 is 1.64 bits per heavy atom. The fourth-order valence-corrected chi connectivity index (χ4v) is 4.74. The fourth-order valence-electron chi connectivity index (χ4n) is 4.74. The molecule has 0 aromatic rings. The van der Waals surface area contributed by atoms with Crippen molar-refractivity contribution in [1.29, 1.82) is 0 Å². The first-order chi connectivity index (χ1) is 18.3. The fraction of sp³-hybridized carbons (Fsp3) is 1.00. The molecule has 4 rings (SSSR count). The van der Waals surface area contributed by atoms with Gasteiger partial charge in [0.25, 0.3) is 0 Å². The van der Waals surface area contributed by atoms with Crippen LogP contribution in [0.15, 0.2) is 0 Å². The minimum atomic E-state index is -0.746. The minimum absolute atomic E-state index is 0.00804. The van der Waals surface area contributed by atoms with Crippen LogP contribution in [0.3, 0.4) is 0 Å². The van der Waals surface area contributed by atoms with E-state index in [1.807, 2.05) is 62.3 Å². The zero-order valence-corrected chi connectivity index (χ0v) is 25.3. The molecule has 0 N–H and O–H groups in total. The highest BCUT2D eigenvalue weighted by molar-refractivity contribution is 6.52. The highest BCUT2D eigenvalue weighted by Crippen LogP contribution is 2.30. The highest BCUT2D eigenvalue weighted by atomic mass is 16.8. The monoisotopic (exact) mass is 556 g/mol. The topological polar surface area (TPSA) is 102 Å². The molecule has 0 saturated carbocycles. The zero-order valence-electron chi connectivity index (χ0n) is 25.3. The lowest BCUT2D eigenvalue weighted by Gasteiger charge is -2.40. The van der Waals surface area contributed by atoms with Gasteiger partial charge < -0.3 is 51.1 Å². The zero-order chi connectivity index (χ0) is 28.6. The Bertz CT molecular complexity index is 692. The largest absolute Gasteiger partial charge is 0.639 e.